The Morgan fingerprint density at radius 3 is 2.82 bits per heavy atom. The highest BCUT2D eigenvalue weighted by Gasteiger charge is 2.44. The molecule has 266 valence electrons. The van der Waals surface area contributed by atoms with E-state index in [1.807, 2.05) is 24.4 Å². The van der Waals surface area contributed by atoms with Crippen LogP contribution in [-0.4, -0.2) is 65.3 Å². The zero-order valence-corrected chi connectivity index (χ0v) is 31.2. The van der Waals surface area contributed by atoms with Crippen molar-refractivity contribution in [3.05, 3.63) is 86.9 Å². The number of ketones is 1. The van der Waals surface area contributed by atoms with Crippen molar-refractivity contribution in [2.75, 3.05) is 43.2 Å². The number of amides is 1. The molecule has 1 amide bonds. The van der Waals surface area contributed by atoms with E-state index in [2.05, 4.69) is 51.5 Å². The minimum atomic E-state index is -3.14. The van der Waals surface area contributed by atoms with Crippen molar-refractivity contribution < 1.29 is 23.3 Å². The first-order valence-electron chi connectivity index (χ1n) is 18.1. The molecule has 7 rings (SSSR count). The van der Waals surface area contributed by atoms with Crippen molar-refractivity contribution in [2.45, 2.75) is 83.2 Å². The molecule has 1 fully saturated rings. The highest BCUT2D eigenvalue weighted by Crippen LogP contribution is 2.47. The quantitative estimate of drug-likeness (QED) is 0.245. The Labute approximate surface area is 300 Å². The van der Waals surface area contributed by atoms with E-state index in [0.29, 0.717) is 43.3 Å². The highest BCUT2D eigenvalue weighted by molar-refractivity contribution is 7.94. The molecular formula is C40H49N3O5S2. The van der Waals surface area contributed by atoms with Gasteiger partial charge in [0.15, 0.2) is 0 Å². The fourth-order valence-electron chi connectivity index (χ4n) is 8.47. The van der Waals surface area contributed by atoms with E-state index in [-0.39, 0.29) is 35.2 Å². The molecule has 1 spiro atoms. The second-order valence-corrected chi connectivity index (χ2v) is 18.3. The number of thiazole rings is 1. The Balaban J connectivity index is 1.24. The lowest BCUT2D eigenvalue weighted by atomic mass is 9.68. The van der Waals surface area contributed by atoms with Gasteiger partial charge in [-0.1, -0.05) is 35.9 Å². The van der Waals surface area contributed by atoms with E-state index in [1.165, 1.54) is 16.7 Å². The van der Waals surface area contributed by atoms with Crippen LogP contribution in [0.5, 0.6) is 5.75 Å². The van der Waals surface area contributed by atoms with Gasteiger partial charge in [0.05, 0.1) is 44.6 Å². The number of nitrogens with zero attached hydrogens (tertiary/aromatic N) is 3. The third-order valence-electron chi connectivity index (χ3n) is 11.2. The minimum Gasteiger partial charge on any atom is -0.490 e. The van der Waals surface area contributed by atoms with Gasteiger partial charge in [-0.25, -0.2) is 9.19 Å². The van der Waals surface area contributed by atoms with Gasteiger partial charge in [0, 0.05) is 48.7 Å². The maximum absolute atomic E-state index is 14.4. The average Bonchev–Trinajstić information content (AvgIpc) is 3.44. The van der Waals surface area contributed by atoms with Gasteiger partial charge in [-0.3, -0.25) is 9.59 Å². The first kappa shape index (κ1) is 35.1. The second-order valence-electron chi connectivity index (χ2n) is 14.8. The van der Waals surface area contributed by atoms with Crippen molar-refractivity contribution in [2.24, 2.45) is 16.2 Å². The molecule has 4 aliphatic rings. The first-order chi connectivity index (χ1) is 24.1. The maximum Gasteiger partial charge on any atom is 0.285 e. The topological polar surface area (TPSA) is 98.2 Å². The summed E-state index contributed by atoms with van der Waals surface area (Å²) in [6.07, 6.45) is 11.6. The van der Waals surface area contributed by atoms with Crippen molar-refractivity contribution in [1.29, 1.82) is 0 Å². The number of Topliss-reactive ketones (excluding diaryl/α,β-unsaturated/α-hetero) is 1. The molecule has 2 aliphatic carbocycles. The monoisotopic (exact) mass is 715 g/mol. The van der Waals surface area contributed by atoms with E-state index in [0.717, 1.165) is 67.3 Å². The Morgan fingerprint density at radius 1 is 1.16 bits per heavy atom. The summed E-state index contributed by atoms with van der Waals surface area (Å²) in [5, 5.41) is 2.90. The van der Waals surface area contributed by atoms with E-state index < -0.39 is 15.6 Å². The van der Waals surface area contributed by atoms with Crippen LogP contribution in [0.1, 0.15) is 82.7 Å². The maximum atomic E-state index is 14.4. The molecule has 5 atom stereocenters. The molecule has 3 heterocycles. The van der Waals surface area contributed by atoms with Crippen LogP contribution < -0.4 is 9.64 Å². The SMILES string of the molecule is CO[C@H]1/C=C/CCC[S@@](=O)(CC(=O)CCc2csc(C)n2)=NC(=O)c2ccc3c(c2)N(C[C@@H]2CC[C@H]21)C[C@@]1(CCCc2cc(C)ccc21)CO3. The molecule has 1 saturated carbocycles. The summed E-state index contributed by atoms with van der Waals surface area (Å²) < 4.78 is 31.5. The summed E-state index contributed by atoms with van der Waals surface area (Å²) >= 11 is 1.55. The number of fused-ring (bicyclic) bond motifs is 4. The third kappa shape index (κ3) is 7.48. The number of methoxy groups -OCH3 is 1. The van der Waals surface area contributed by atoms with Gasteiger partial charge in [-0.2, -0.15) is 4.36 Å². The summed E-state index contributed by atoms with van der Waals surface area (Å²) in [7, 11) is -1.36. The van der Waals surface area contributed by atoms with Crippen LogP contribution in [0, 0.1) is 25.7 Å². The molecule has 0 radical (unpaired) electrons. The van der Waals surface area contributed by atoms with Crippen molar-refractivity contribution in [3.63, 3.8) is 0 Å². The fraction of sp³-hybridized carbons (Fsp3) is 0.525. The fourth-order valence-corrected chi connectivity index (χ4v) is 11.1. The Bertz CT molecular complexity index is 1910. The molecule has 50 heavy (non-hydrogen) atoms. The molecule has 0 saturated heterocycles. The number of carbonyl (C=O) groups excluding carboxylic acids is 2. The molecule has 8 nitrogen and oxygen atoms in total. The predicted molar refractivity (Wildman–Crippen MR) is 200 cm³/mol. The average molecular weight is 716 g/mol. The molecule has 2 bridgehead atoms. The Kier molecular flexibility index (Phi) is 10.3. The lowest BCUT2D eigenvalue weighted by molar-refractivity contribution is -0.116. The van der Waals surface area contributed by atoms with Crippen LogP contribution in [0.3, 0.4) is 0 Å². The highest BCUT2D eigenvalue weighted by atomic mass is 32.2. The number of aryl methyl sites for hydroxylation is 4. The molecular weight excluding hydrogens is 667 g/mol. The van der Waals surface area contributed by atoms with Crippen LogP contribution >= 0.6 is 11.3 Å². The van der Waals surface area contributed by atoms with E-state index in [9.17, 15) is 13.8 Å². The van der Waals surface area contributed by atoms with Crippen LogP contribution in [0.4, 0.5) is 5.69 Å². The summed E-state index contributed by atoms with van der Waals surface area (Å²) in [5.41, 5.74) is 5.99. The number of rotatable bonds is 6. The van der Waals surface area contributed by atoms with E-state index in [4.69, 9.17) is 9.47 Å². The summed E-state index contributed by atoms with van der Waals surface area (Å²) in [6.45, 7) is 6.27. The number of anilines is 1. The summed E-state index contributed by atoms with van der Waals surface area (Å²) in [5.74, 6) is 0.814. The van der Waals surface area contributed by atoms with E-state index >= 15 is 0 Å². The third-order valence-corrected chi connectivity index (χ3v) is 14.2. The van der Waals surface area contributed by atoms with Gasteiger partial charge in [0.2, 0.25) is 0 Å². The van der Waals surface area contributed by atoms with Crippen molar-refractivity contribution >= 4 is 38.4 Å². The number of hydrogen-bond acceptors (Lipinski definition) is 8. The van der Waals surface area contributed by atoms with Crippen molar-refractivity contribution in [1.82, 2.24) is 4.98 Å². The molecule has 2 aliphatic heterocycles. The molecule has 10 heteroatoms. The molecule has 0 unspecified atom stereocenters. The first-order valence-corrected chi connectivity index (χ1v) is 20.9. The van der Waals surface area contributed by atoms with Gasteiger partial charge >= 0.3 is 0 Å². The molecule has 2 aromatic carbocycles. The summed E-state index contributed by atoms with van der Waals surface area (Å²) in [4.78, 5) is 34.0. The zero-order chi connectivity index (χ0) is 34.9. The largest absolute Gasteiger partial charge is 0.490 e. The molecule has 0 N–H and O–H groups in total. The van der Waals surface area contributed by atoms with Crippen molar-refractivity contribution in [3.8, 4) is 5.75 Å². The standard InChI is InChI=1S/C40H49N3O5S2/c1-27-10-16-35-29(20-27)8-7-18-40(35)25-43-22-31-11-15-34(31)37(47-3)9-5-4-6-19-50(46,24-33(44)14-13-32-23-49-28(2)41-32)42-39(45)30-12-17-38(48-26-40)36(43)21-30/h5,9-10,12,16-17,20-21,23,31,34,37H,4,6-8,11,13-15,18-19,22,24-26H2,1-3H3/b9-5+/t31-,34+,37-,40-,50+/m0/s1. The predicted octanol–water partition coefficient (Wildman–Crippen LogP) is 7.43. The number of allylic oxidation sites excluding steroid dienone is 1. The number of ether oxygens (including phenoxy) is 2. The van der Waals surface area contributed by atoms with Crippen LogP contribution in [0.2, 0.25) is 0 Å². The lowest BCUT2D eigenvalue weighted by Crippen LogP contribution is -2.49. The minimum absolute atomic E-state index is 0.00502. The zero-order valence-electron chi connectivity index (χ0n) is 29.5. The van der Waals surface area contributed by atoms with Gasteiger partial charge < -0.3 is 14.4 Å². The van der Waals surface area contributed by atoms with E-state index in [1.54, 1.807) is 24.5 Å². The van der Waals surface area contributed by atoms with Gasteiger partial charge in [-0.05, 0) is 106 Å². The normalized spacial score (nSPS) is 28.7. The van der Waals surface area contributed by atoms with Crippen LogP contribution in [-0.2, 0) is 37.5 Å². The Hall–Kier alpha value is -3.34. The molecule has 1 aromatic heterocycles. The second kappa shape index (κ2) is 14.7. The number of benzene rings is 2. The number of carbonyl (C=O) groups is 2. The number of hydrogen-bond donors (Lipinski definition) is 0. The van der Waals surface area contributed by atoms with Crippen LogP contribution in [0.15, 0.2) is 58.3 Å². The van der Waals surface area contributed by atoms with Gasteiger partial charge in [0.1, 0.15) is 11.5 Å². The smallest absolute Gasteiger partial charge is 0.285 e. The van der Waals surface area contributed by atoms with Gasteiger partial charge in [0.25, 0.3) is 5.91 Å². The number of aromatic nitrogens is 1. The lowest BCUT2D eigenvalue weighted by Gasteiger charge is -2.46. The molecule has 3 aromatic rings. The summed E-state index contributed by atoms with van der Waals surface area (Å²) in [6, 6.07) is 12.4. The Morgan fingerprint density at radius 2 is 2.04 bits per heavy atom. The van der Waals surface area contributed by atoms with Gasteiger partial charge in [-0.15, -0.1) is 11.3 Å². The van der Waals surface area contributed by atoms with Crippen LogP contribution in [0.25, 0.3) is 0 Å².